The fourth-order valence-corrected chi connectivity index (χ4v) is 2.07. The quantitative estimate of drug-likeness (QED) is 0.818. The molecule has 2 heteroatoms. The second kappa shape index (κ2) is 4.05. The highest BCUT2D eigenvalue weighted by Gasteiger charge is 2.11. The molecule has 0 amide bonds. The minimum absolute atomic E-state index is 0.899. The van der Waals surface area contributed by atoms with Crippen LogP contribution < -0.4 is 5.73 Å². The molecule has 0 aliphatic rings. The van der Waals surface area contributed by atoms with Crippen LogP contribution in [0.2, 0.25) is 0 Å². The van der Waals surface area contributed by atoms with Gasteiger partial charge in [0.05, 0.1) is 5.69 Å². The third kappa shape index (κ3) is 1.71. The molecule has 2 aromatic rings. The van der Waals surface area contributed by atoms with Crippen LogP contribution >= 0.6 is 0 Å². The van der Waals surface area contributed by atoms with E-state index in [0.29, 0.717) is 0 Å². The summed E-state index contributed by atoms with van der Waals surface area (Å²) in [7, 11) is 0. The molecule has 0 unspecified atom stereocenters. The van der Waals surface area contributed by atoms with Gasteiger partial charge in [-0.25, -0.2) is 0 Å². The Balaban J connectivity index is 2.39. The Labute approximate surface area is 96.7 Å². The SMILES string of the molecule is Cc1c(N)c(C)n(Cc2ccccc2)c1C. The summed E-state index contributed by atoms with van der Waals surface area (Å²) < 4.78 is 2.28. The van der Waals surface area contributed by atoms with Gasteiger partial charge in [0.25, 0.3) is 0 Å². The highest BCUT2D eigenvalue weighted by molar-refractivity contribution is 5.54. The van der Waals surface area contributed by atoms with E-state index >= 15 is 0 Å². The molecule has 16 heavy (non-hydrogen) atoms. The number of rotatable bonds is 2. The first kappa shape index (κ1) is 10.8. The Bertz CT molecular complexity index is 470. The summed E-state index contributed by atoms with van der Waals surface area (Å²) in [6.45, 7) is 7.19. The number of nitrogens with zero attached hydrogens (tertiary/aromatic N) is 1. The van der Waals surface area contributed by atoms with E-state index in [1.165, 1.54) is 22.5 Å². The normalized spacial score (nSPS) is 10.7. The molecule has 0 spiro atoms. The number of benzene rings is 1. The lowest BCUT2D eigenvalue weighted by Gasteiger charge is -2.09. The second-order valence-electron chi connectivity index (χ2n) is 4.28. The maximum atomic E-state index is 6.04. The van der Waals surface area contributed by atoms with Gasteiger partial charge in [0, 0.05) is 17.9 Å². The molecule has 0 radical (unpaired) electrons. The monoisotopic (exact) mass is 214 g/mol. The zero-order valence-electron chi connectivity index (χ0n) is 10.1. The lowest BCUT2D eigenvalue weighted by atomic mass is 10.2. The van der Waals surface area contributed by atoms with E-state index in [4.69, 9.17) is 5.73 Å². The smallest absolute Gasteiger partial charge is 0.0556 e. The summed E-state index contributed by atoms with van der Waals surface area (Å²) in [6, 6.07) is 10.5. The second-order valence-corrected chi connectivity index (χ2v) is 4.28. The van der Waals surface area contributed by atoms with Gasteiger partial charge >= 0.3 is 0 Å². The third-order valence-electron chi connectivity index (χ3n) is 3.33. The van der Waals surface area contributed by atoms with Gasteiger partial charge in [0.1, 0.15) is 0 Å². The average molecular weight is 214 g/mol. The van der Waals surface area contributed by atoms with Crippen molar-refractivity contribution in [1.82, 2.24) is 4.57 Å². The van der Waals surface area contributed by atoms with E-state index < -0.39 is 0 Å². The van der Waals surface area contributed by atoms with Crippen LogP contribution in [0.4, 0.5) is 5.69 Å². The number of hydrogen-bond donors (Lipinski definition) is 1. The number of nitrogens with two attached hydrogens (primary N) is 1. The van der Waals surface area contributed by atoms with Gasteiger partial charge in [-0.1, -0.05) is 30.3 Å². The van der Waals surface area contributed by atoms with Crippen molar-refractivity contribution in [2.45, 2.75) is 27.3 Å². The van der Waals surface area contributed by atoms with Crippen LogP contribution in [-0.2, 0) is 6.54 Å². The van der Waals surface area contributed by atoms with Crippen LogP contribution in [-0.4, -0.2) is 4.57 Å². The molecule has 1 aromatic carbocycles. The van der Waals surface area contributed by atoms with Crippen LogP contribution in [0, 0.1) is 20.8 Å². The highest BCUT2D eigenvalue weighted by atomic mass is 15.0. The molecule has 0 bridgehead atoms. The summed E-state index contributed by atoms with van der Waals surface area (Å²) in [5, 5.41) is 0. The molecule has 0 saturated carbocycles. The van der Waals surface area contributed by atoms with Gasteiger partial charge in [-0.2, -0.15) is 0 Å². The summed E-state index contributed by atoms with van der Waals surface area (Å²) >= 11 is 0. The highest BCUT2D eigenvalue weighted by Crippen LogP contribution is 2.24. The van der Waals surface area contributed by atoms with E-state index in [1.54, 1.807) is 0 Å². The standard InChI is InChI=1S/C14H18N2/c1-10-11(2)16(12(3)14(10)15)9-13-7-5-4-6-8-13/h4-8H,9,15H2,1-3H3. The van der Waals surface area contributed by atoms with Crippen molar-refractivity contribution in [3.05, 3.63) is 52.8 Å². The van der Waals surface area contributed by atoms with Gasteiger partial charge < -0.3 is 10.3 Å². The predicted molar refractivity (Wildman–Crippen MR) is 68.6 cm³/mol. The minimum Gasteiger partial charge on any atom is -0.397 e. The summed E-state index contributed by atoms with van der Waals surface area (Å²) in [5.41, 5.74) is 11.9. The molecule has 1 aromatic heterocycles. The van der Waals surface area contributed by atoms with Crippen molar-refractivity contribution in [1.29, 1.82) is 0 Å². The van der Waals surface area contributed by atoms with Gasteiger partial charge in [-0.05, 0) is 31.9 Å². The first-order valence-electron chi connectivity index (χ1n) is 5.57. The van der Waals surface area contributed by atoms with Gasteiger partial charge in [0.15, 0.2) is 0 Å². The van der Waals surface area contributed by atoms with Crippen LogP contribution in [0.1, 0.15) is 22.5 Å². The molecule has 0 aliphatic carbocycles. The Morgan fingerprint density at radius 1 is 1.00 bits per heavy atom. The molecule has 0 atom stereocenters. The summed E-state index contributed by atoms with van der Waals surface area (Å²) in [4.78, 5) is 0. The van der Waals surface area contributed by atoms with Crippen molar-refractivity contribution in [3.63, 3.8) is 0 Å². The topological polar surface area (TPSA) is 30.9 Å². The van der Waals surface area contributed by atoms with Crippen LogP contribution in [0.5, 0.6) is 0 Å². The average Bonchev–Trinajstić information content (AvgIpc) is 2.48. The molecule has 0 saturated heterocycles. The number of anilines is 1. The van der Waals surface area contributed by atoms with E-state index in [1.807, 2.05) is 6.07 Å². The number of hydrogen-bond acceptors (Lipinski definition) is 1. The van der Waals surface area contributed by atoms with Crippen molar-refractivity contribution in [3.8, 4) is 0 Å². The third-order valence-corrected chi connectivity index (χ3v) is 3.33. The van der Waals surface area contributed by atoms with Gasteiger partial charge in [0.2, 0.25) is 0 Å². The molecule has 2 nitrogen and oxygen atoms in total. The fourth-order valence-electron chi connectivity index (χ4n) is 2.07. The van der Waals surface area contributed by atoms with Crippen molar-refractivity contribution in [2.75, 3.05) is 5.73 Å². The van der Waals surface area contributed by atoms with Crippen LogP contribution in [0.25, 0.3) is 0 Å². The molecule has 0 fully saturated rings. The largest absolute Gasteiger partial charge is 0.397 e. The Morgan fingerprint density at radius 2 is 1.62 bits per heavy atom. The molecule has 2 rings (SSSR count). The molecule has 84 valence electrons. The first-order chi connectivity index (χ1) is 7.61. The van der Waals surface area contributed by atoms with E-state index in [9.17, 15) is 0 Å². The number of nitrogen functional groups attached to an aromatic ring is 1. The lowest BCUT2D eigenvalue weighted by molar-refractivity contribution is 0.748. The Kier molecular flexibility index (Phi) is 2.73. The van der Waals surface area contributed by atoms with Crippen molar-refractivity contribution in [2.24, 2.45) is 0 Å². The number of aromatic nitrogens is 1. The Morgan fingerprint density at radius 3 is 2.12 bits per heavy atom. The van der Waals surface area contributed by atoms with E-state index in [0.717, 1.165) is 12.2 Å². The van der Waals surface area contributed by atoms with Crippen molar-refractivity contribution < 1.29 is 0 Å². The summed E-state index contributed by atoms with van der Waals surface area (Å²) in [6.07, 6.45) is 0. The molecule has 0 aliphatic heterocycles. The maximum absolute atomic E-state index is 6.04. The predicted octanol–water partition coefficient (Wildman–Crippen LogP) is 3.04. The maximum Gasteiger partial charge on any atom is 0.0556 e. The van der Waals surface area contributed by atoms with Crippen LogP contribution in [0.3, 0.4) is 0 Å². The Hall–Kier alpha value is -1.70. The van der Waals surface area contributed by atoms with E-state index in [-0.39, 0.29) is 0 Å². The van der Waals surface area contributed by atoms with Gasteiger partial charge in [-0.15, -0.1) is 0 Å². The zero-order valence-corrected chi connectivity index (χ0v) is 10.1. The van der Waals surface area contributed by atoms with Gasteiger partial charge in [-0.3, -0.25) is 0 Å². The first-order valence-corrected chi connectivity index (χ1v) is 5.57. The minimum atomic E-state index is 0.899. The van der Waals surface area contributed by atoms with Crippen LogP contribution in [0.15, 0.2) is 30.3 Å². The van der Waals surface area contributed by atoms with Crippen molar-refractivity contribution >= 4 is 5.69 Å². The van der Waals surface area contributed by atoms with E-state index in [2.05, 4.69) is 49.6 Å². The molecular formula is C14H18N2. The molecule has 2 N–H and O–H groups in total. The molecular weight excluding hydrogens is 196 g/mol. The fraction of sp³-hybridized carbons (Fsp3) is 0.286. The zero-order chi connectivity index (χ0) is 11.7. The summed E-state index contributed by atoms with van der Waals surface area (Å²) in [5.74, 6) is 0. The molecule has 1 heterocycles. The lowest BCUT2D eigenvalue weighted by Crippen LogP contribution is -2.04.